The van der Waals surface area contributed by atoms with E-state index in [0.29, 0.717) is 11.3 Å². The number of carbonyl (C=O) groups is 1. The molecular formula is C20H20N2O3S. The van der Waals surface area contributed by atoms with Crippen molar-refractivity contribution < 1.29 is 14.3 Å². The first-order chi connectivity index (χ1) is 12.7. The van der Waals surface area contributed by atoms with Gasteiger partial charge in [-0.25, -0.2) is 0 Å². The van der Waals surface area contributed by atoms with Crippen LogP contribution in [0.1, 0.15) is 12.5 Å². The van der Waals surface area contributed by atoms with Gasteiger partial charge in [0.25, 0.3) is 5.91 Å². The van der Waals surface area contributed by atoms with Crippen molar-refractivity contribution in [3.63, 3.8) is 0 Å². The maximum atomic E-state index is 12.3. The second-order valence-corrected chi connectivity index (χ2v) is 6.45. The molecule has 0 unspecified atom stereocenters. The predicted octanol–water partition coefficient (Wildman–Crippen LogP) is 3.88. The summed E-state index contributed by atoms with van der Waals surface area (Å²) in [7, 11) is 3.26. The van der Waals surface area contributed by atoms with Crippen LogP contribution in [0.4, 0.5) is 0 Å². The minimum atomic E-state index is -0.305. The second-order valence-electron chi connectivity index (χ2n) is 5.47. The van der Waals surface area contributed by atoms with E-state index in [9.17, 15) is 4.79 Å². The molecule has 1 amide bonds. The van der Waals surface area contributed by atoms with Gasteiger partial charge in [-0.1, -0.05) is 41.7 Å². The molecule has 0 aliphatic carbocycles. The average molecular weight is 368 g/mol. The van der Waals surface area contributed by atoms with Crippen molar-refractivity contribution in [1.29, 1.82) is 0 Å². The standard InChI is InChI=1S/C20H20N2O3S/c1-4-22-18-15(24-2)11-12-16(25-3)19(18)26-20(22)21-17(23)13-10-14-8-6-5-7-9-14/h5-13H,4H2,1-3H3/b13-10+,21-20?. The van der Waals surface area contributed by atoms with Gasteiger partial charge in [-0.05, 0) is 30.7 Å². The Labute approximate surface area is 155 Å². The van der Waals surface area contributed by atoms with Gasteiger partial charge >= 0.3 is 0 Å². The lowest BCUT2D eigenvalue weighted by Gasteiger charge is -2.08. The van der Waals surface area contributed by atoms with E-state index in [1.54, 1.807) is 20.3 Å². The zero-order valence-electron chi connectivity index (χ0n) is 14.9. The number of nitrogens with zero attached hydrogens (tertiary/aromatic N) is 2. The SMILES string of the molecule is CCn1c(=NC(=O)/C=C/c2ccccc2)sc2c(OC)ccc(OC)c21. The monoisotopic (exact) mass is 368 g/mol. The molecule has 3 rings (SSSR count). The molecule has 6 heteroatoms. The number of hydrogen-bond acceptors (Lipinski definition) is 4. The third kappa shape index (κ3) is 3.55. The molecule has 0 aliphatic rings. The smallest absolute Gasteiger partial charge is 0.272 e. The second kappa shape index (κ2) is 8.01. The fourth-order valence-corrected chi connectivity index (χ4v) is 3.90. The molecule has 0 atom stereocenters. The summed E-state index contributed by atoms with van der Waals surface area (Å²) < 4.78 is 13.8. The highest BCUT2D eigenvalue weighted by Gasteiger charge is 2.15. The van der Waals surface area contributed by atoms with Gasteiger partial charge in [0.15, 0.2) is 4.80 Å². The first kappa shape index (κ1) is 17.9. The number of aryl methyl sites for hydroxylation is 1. The molecule has 1 heterocycles. The van der Waals surface area contributed by atoms with Crippen molar-refractivity contribution in [2.45, 2.75) is 13.5 Å². The van der Waals surface area contributed by atoms with Crippen LogP contribution in [-0.2, 0) is 11.3 Å². The molecule has 0 aliphatic heterocycles. The van der Waals surface area contributed by atoms with Gasteiger partial charge in [0, 0.05) is 12.6 Å². The summed E-state index contributed by atoms with van der Waals surface area (Å²) in [4.78, 5) is 17.2. The molecule has 0 N–H and O–H groups in total. The van der Waals surface area contributed by atoms with E-state index < -0.39 is 0 Å². The summed E-state index contributed by atoms with van der Waals surface area (Å²) in [5, 5.41) is 0. The average Bonchev–Trinajstić information content (AvgIpc) is 3.04. The number of ether oxygens (including phenoxy) is 2. The third-order valence-corrected chi connectivity index (χ3v) is 5.03. The van der Waals surface area contributed by atoms with E-state index >= 15 is 0 Å². The molecule has 5 nitrogen and oxygen atoms in total. The fourth-order valence-electron chi connectivity index (χ4n) is 2.70. The van der Waals surface area contributed by atoms with E-state index in [0.717, 1.165) is 27.3 Å². The Bertz CT molecular complexity index is 1020. The molecule has 26 heavy (non-hydrogen) atoms. The van der Waals surface area contributed by atoms with Crippen LogP contribution >= 0.6 is 11.3 Å². The Morgan fingerprint density at radius 1 is 1.12 bits per heavy atom. The van der Waals surface area contributed by atoms with Crippen molar-refractivity contribution in [2.24, 2.45) is 4.99 Å². The number of hydrogen-bond donors (Lipinski definition) is 0. The van der Waals surface area contributed by atoms with Gasteiger partial charge in [-0.15, -0.1) is 0 Å². The van der Waals surface area contributed by atoms with E-state index in [1.165, 1.54) is 17.4 Å². The van der Waals surface area contributed by atoms with Crippen molar-refractivity contribution in [1.82, 2.24) is 4.57 Å². The van der Waals surface area contributed by atoms with Crippen LogP contribution in [0.25, 0.3) is 16.3 Å². The summed E-state index contributed by atoms with van der Waals surface area (Å²) in [6.45, 7) is 2.67. The predicted molar refractivity (Wildman–Crippen MR) is 105 cm³/mol. The highest BCUT2D eigenvalue weighted by Crippen LogP contribution is 2.35. The zero-order valence-corrected chi connectivity index (χ0v) is 15.7. The zero-order chi connectivity index (χ0) is 18.5. The minimum Gasteiger partial charge on any atom is -0.495 e. The third-order valence-electron chi connectivity index (χ3n) is 3.93. The van der Waals surface area contributed by atoms with Crippen LogP contribution in [-0.4, -0.2) is 24.7 Å². The molecule has 0 saturated carbocycles. The van der Waals surface area contributed by atoms with E-state index in [1.807, 2.05) is 54.0 Å². The molecular weight excluding hydrogens is 348 g/mol. The van der Waals surface area contributed by atoms with Gasteiger partial charge in [-0.2, -0.15) is 4.99 Å². The quantitative estimate of drug-likeness (QED) is 0.642. The summed E-state index contributed by atoms with van der Waals surface area (Å²) in [6, 6.07) is 13.4. The molecule has 0 bridgehead atoms. The van der Waals surface area contributed by atoms with Crippen LogP contribution < -0.4 is 14.3 Å². The molecule has 0 fully saturated rings. The minimum absolute atomic E-state index is 0.305. The first-order valence-corrected chi connectivity index (χ1v) is 9.05. The van der Waals surface area contributed by atoms with Crippen LogP contribution in [0.3, 0.4) is 0 Å². The van der Waals surface area contributed by atoms with Crippen LogP contribution in [0.5, 0.6) is 11.5 Å². The first-order valence-electron chi connectivity index (χ1n) is 8.24. The maximum Gasteiger partial charge on any atom is 0.272 e. The molecule has 0 saturated heterocycles. The topological polar surface area (TPSA) is 52.8 Å². The molecule has 1 aromatic heterocycles. The van der Waals surface area contributed by atoms with Crippen LogP contribution in [0.2, 0.25) is 0 Å². The number of benzene rings is 2. The van der Waals surface area contributed by atoms with Crippen molar-refractivity contribution in [3.8, 4) is 11.5 Å². The highest BCUT2D eigenvalue weighted by atomic mass is 32.1. The van der Waals surface area contributed by atoms with Gasteiger partial charge in [-0.3, -0.25) is 4.79 Å². The molecule has 0 radical (unpaired) electrons. The Balaban J connectivity index is 2.08. The number of thiazole rings is 1. The normalized spacial score (nSPS) is 12.0. The molecule has 134 valence electrons. The number of aromatic nitrogens is 1. The highest BCUT2D eigenvalue weighted by molar-refractivity contribution is 7.16. The summed E-state index contributed by atoms with van der Waals surface area (Å²) in [5.74, 6) is 1.16. The Morgan fingerprint density at radius 2 is 1.81 bits per heavy atom. The summed E-state index contributed by atoms with van der Waals surface area (Å²) in [5.41, 5.74) is 1.84. The Morgan fingerprint density at radius 3 is 2.46 bits per heavy atom. The molecule has 3 aromatic rings. The van der Waals surface area contributed by atoms with Crippen molar-refractivity contribution in [2.75, 3.05) is 14.2 Å². The summed E-state index contributed by atoms with van der Waals surface area (Å²) >= 11 is 1.42. The van der Waals surface area contributed by atoms with E-state index in [4.69, 9.17) is 9.47 Å². The van der Waals surface area contributed by atoms with Crippen LogP contribution in [0, 0.1) is 0 Å². The van der Waals surface area contributed by atoms with Gasteiger partial charge in [0.2, 0.25) is 0 Å². The van der Waals surface area contributed by atoms with E-state index in [2.05, 4.69) is 4.99 Å². The van der Waals surface area contributed by atoms with Gasteiger partial charge in [0.1, 0.15) is 21.7 Å². The largest absolute Gasteiger partial charge is 0.495 e. The summed E-state index contributed by atoms with van der Waals surface area (Å²) in [6.07, 6.45) is 3.24. The number of rotatable bonds is 5. The lowest BCUT2D eigenvalue weighted by Crippen LogP contribution is -2.15. The Kier molecular flexibility index (Phi) is 5.53. The number of fused-ring (bicyclic) bond motifs is 1. The molecule has 2 aromatic carbocycles. The number of methoxy groups -OCH3 is 2. The van der Waals surface area contributed by atoms with E-state index in [-0.39, 0.29) is 5.91 Å². The van der Waals surface area contributed by atoms with Crippen LogP contribution in [0.15, 0.2) is 53.5 Å². The number of carbonyl (C=O) groups excluding carboxylic acids is 1. The van der Waals surface area contributed by atoms with Crippen molar-refractivity contribution >= 4 is 33.5 Å². The lowest BCUT2D eigenvalue weighted by atomic mass is 10.2. The van der Waals surface area contributed by atoms with Gasteiger partial charge < -0.3 is 14.0 Å². The Hall–Kier alpha value is -2.86. The maximum absolute atomic E-state index is 12.3. The number of amides is 1. The van der Waals surface area contributed by atoms with Crippen molar-refractivity contribution in [3.05, 3.63) is 58.9 Å². The molecule has 0 spiro atoms. The lowest BCUT2D eigenvalue weighted by molar-refractivity contribution is -0.113. The van der Waals surface area contributed by atoms with Gasteiger partial charge in [0.05, 0.1) is 14.2 Å². The fraction of sp³-hybridized carbons (Fsp3) is 0.200.